The van der Waals surface area contributed by atoms with Gasteiger partial charge < -0.3 is 9.73 Å². The predicted molar refractivity (Wildman–Crippen MR) is 87.5 cm³/mol. The number of pyridine rings is 1. The quantitative estimate of drug-likeness (QED) is 0.807. The van der Waals surface area contributed by atoms with Crippen molar-refractivity contribution in [1.29, 1.82) is 0 Å². The Labute approximate surface area is 132 Å². The second-order valence-electron chi connectivity index (χ2n) is 5.48. The van der Waals surface area contributed by atoms with Gasteiger partial charge in [0, 0.05) is 11.9 Å². The minimum Gasteiger partial charge on any atom is -0.406 e. The number of benzene rings is 1. The third-order valence-corrected chi connectivity index (χ3v) is 4.00. The molecule has 1 N–H and O–H groups in total. The van der Waals surface area contributed by atoms with Crippen molar-refractivity contribution in [2.45, 2.75) is 26.8 Å². The first-order valence-electron chi connectivity index (χ1n) is 7.32. The van der Waals surface area contributed by atoms with Crippen LogP contribution >= 0.6 is 0 Å². The Bertz CT molecular complexity index is 940. The number of rotatable bonds is 3. The van der Waals surface area contributed by atoms with Gasteiger partial charge in [-0.25, -0.2) is 14.3 Å². The molecule has 3 rings (SSSR count). The topological polar surface area (TPSA) is 77.1 Å². The minimum absolute atomic E-state index is 0.297. The number of fused-ring (bicyclic) bond motifs is 1. The smallest absolute Gasteiger partial charge is 0.406 e. The Morgan fingerprint density at radius 3 is 2.83 bits per heavy atom. The Kier molecular flexibility index (Phi) is 3.73. The molecule has 0 spiro atoms. The molecule has 0 fully saturated rings. The molecule has 1 unspecified atom stereocenters. The largest absolute Gasteiger partial charge is 0.421 e. The van der Waals surface area contributed by atoms with Gasteiger partial charge in [-0.3, -0.25) is 4.79 Å². The van der Waals surface area contributed by atoms with Crippen molar-refractivity contribution in [2.24, 2.45) is 0 Å². The zero-order chi connectivity index (χ0) is 16.6. The molecular formula is C17H17N3O3. The second-order valence-corrected chi connectivity index (χ2v) is 5.48. The van der Waals surface area contributed by atoms with E-state index >= 15 is 0 Å². The molecule has 2 heterocycles. The van der Waals surface area contributed by atoms with Crippen molar-refractivity contribution >= 4 is 22.8 Å². The third-order valence-electron chi connectivity index (χ3n) is 4.00. The number of oxazole rings is 1. The van der Waals surface area contributed by atoms with Crippen LogP contribution in [0.25, 0.3) is 11.2 Å². The normalized spacial score (nSPS) is 12.3. The number of aromatic nitrogens is 2. The van der Waals surface area contributed by atoms with Gasteiger partial charge in [0.05, 0.1) is 0 Å². The summed E-state index contributed by atoms with van der Waals surface area (Å²) in [6.45, 7) is 5.56. The van der Waals surface area contributed by atoms with E-state index in [1.165, 1.54) is 4.57 Å². The lowest BCUT2D eigenvalue weighted by atomic mass is 10.1. The summed E-state index contributed by atoms with van der Waals surface area (Å²) in [5.41, 5.74) is 3.54. The summed E-state index contributed by atoms with van der Waals surface area (Å²) in [4.78, 5) is 28.7. The summed E-state index contributed by atoms with van der Waals surface area (Å²) in [5.74, 6) is -0.892. The average molecular weight is 311 g/mol. The molecule has 0 saturated carbocycles. The molecule has 0 bridgehead atoms. The molecule has 3 aromatic rings. The van der Waals surface area contributed by atoms with Gasteiger partial charge in [0.15, 0.2) is 11.2 Å². The van der Waals surface area contributed by atoms with Gasteiger partial charge in [-0.1, -0.05) is 12.1 Å². The van der Waals surface area contributed by atoms with Crippen LogP contribution in [0.1, 0.15) is 24.1 Å². The molecule has 118 valence electrons. The van der Waals surface area contributed by atoms with Crippen LogP contribution in [-0.2, 0) is 4.79 Å². The van der Waals surface area contributed by atoms with Crippen molar-refractivity contribution < 1.29 is 9.21 Å². The molecule has 1 amide bonds. The lowest BCUT2D eigenvalue weighted by molar-refractivity contribution is -0.118. The number of carbonyl (C=O) groups is 1. The van der Waals surface area contributed by atoms with Crippen molar-refractivity contribution in [1.82, 2.24) is 9.55 Å². The van der Waals surface area contributed by atoms with Gasteiger partial charge >= 0.3 is 5.76 Å². The van der Waals surface area contributed by atoms with Crippen LogP contribution in [0.15, 0.2) is 45.7 Å². The molecule has 0 saturated heterocycles. The zero-order valence-electron chi connectivity index (χ0n) is 13.2. The maximum Gasteiger partial charge on any atom is 0.421 e. The standard InChI is InChI=1S/C17H17N3O3/c1-10-6-4-7-13(11(10)2)19-16(21)12(3)20-15-14(23-17(20)22)8-5-9-18-15/h4-9,12H,1-3H3,(H,19,21). The van der Waals surface area contributed by atoms with Gasteiger partial charge in [0.25, 0.3) is 0 Å². The summed E-state index contributed by atoms with van der Waals surface area (Å²) in [5, 5.41) is 2.86. The number of hydrogen-bond donors (Lipinski definition) is 1. The Balaban J connectivity index is 1.94. The summed E-state index contributed by atoms with van der Waals surface area (Å²) in [7, 11) is 0. The van der Waals surface area contributed by atoms with Gasteiger partial charge in [-0.05, 0) is 50.1 Å². The summed E-state index contributed by atoms with van der Waals surface area (Å²) < 4.78 is 6.39. The maximum atomic E-state index is 12.5. The van der Waals surface area contributed by atoms with E-state index in [0.29, 0.717) is 11.2 Å². The third kappa shape index (κ3) is 2.63. The van der Waals surface area contributed by atoms with Crippen LogP contribution in [0.4, 0.5) is 5.69 Å². The summed E-state index contributed by atoms with van der Waals surface area (Å²) >= 11 is 0. The first-order valence-corrected chi connectivity index (χ1v) is 7.32. The molecule has 1 atom stereocenters. The van der Waals surface area contributed by atoms with E-state index in [-0.39, 0.29) is 5.91 Å². The SMILES string of the molecule is Cc1cccc(NC(=O)C(C)n2c(=O)oc3cccnc32)c1C. The fourth-order valence-electron chi connectivity index (χ4n) is 2.45. The highest BCUT2D eigenvalue weighted by molar-refractivity contribution is 5.95. The minimum atomic E-state index is -0.737. The predicted octanol–water partition coefficient (Wildman–Crippen LogP) is 2.81. The van der Waals surface area contributed by atoms with Crippen LogP contribution in [0, 0.1) is 13.8 Å². The summed E-state index contributed by atoms with van der Waals surface area (Å²) in [6.07, 6.45) is 1.56. The molecule has 0 aliphatic carbocycles. The van der Waals surface area contributed by atoms with Crippen LogP contribution in [0.2, 0.25) is 0 Å². The van der Waals surface area contributed by atoms with Gasteiger partial charge in [-0.15, -0.1) is 0 Å². The number of nitrogens with one attached hydrogen (secondary N) is 1. The highest BCUT2D eigenvalue weighted by Crippen LogP contribution is 2.20. The molecule has 6 heteroatoms. The van der Waals surface area contributed by atoms with E-state index in [0.717, 1.165) is 16.8 Å². The lowest BCUT2D eigenvalue weighted by Crippen LogP contribution is -2.29. The van der Waals surface area contributed by atoms with Crippen LogP contribution in [0.3, 0.4) is 0 Å². The molecule has 23 heavy (non-hydrogen) atoms. The molecule has 0 aliphatic rings. The Morgan fingerprint density at radius 2 is 2.04 bits per heavy atom. The molecule has 6 nitrogen and oxygen atoms in total. The Hall–Kier alpha value is -2.89. The first-order chi connectivity index (χ1) is 11.0. The van der Waals surface area contributed by atoms with E-state index < -0.39 is 11.8 Å². The van der Waals surface area contributed by atoms with Crippen LogP contribution in [0.5, 0.6) is 0 Å². The summed E-state index contributed by atoms with van der Waals surface area (Å²) in [6, 6.07) is 8.28. The van der Waals surface area contributed by atoms with Crippen LogP contribution < -0.4 is 11.1 Å². The number of amides is 1. The molecule has 0 aliphatic heterocycles. The highest BCUT2D eigenvalue weighted by Gasteiger charge is 2.22. The first kappa shape index (κ1) is 15.0. The van der Waals surface area contributed by atoms with Crippen molar-refractivity contribution in [3.05, 3.63) is 58.2 Å². The number of nitrogens with zero attached hydrogens (tertiary/aromatic N) is 2. The van der Waals surface area contributed by atoms with E-state index in [2.05, 4.69) is 10.3 Å². The average Bonchev–Trinajstić information content (AvgIpc) is 2.86. The fourth-order valence-corrected chi connectivity index (χ4v) is 2.45. The van der Waals surface area contributed by atoms with Crippen molar-refractivity contribution in [2.75, 3.05) is 5.32 Å². The number of hydrogen-bond acceptors (Lipinski definition) is 4. The second kappa shape index (κ2) is 5.72. The number of aryl methyl sites for hydroxylation is 1. The monoisotopic (exact) mass is 311 g/mol. The molecule has 1 aromatic carbocycles. The van der Waals surface area contributed by atoms with Crippen molar-refractivity contribution in [3.8, 4) is 0 Å². The van der Waals surface area contributed by atoms with Gasteiger partial charge in [0.1, 0.15) is 6.04 Å². The maximum absolute atomic E-state index is 12.5. The fraction of sp³-hybridized carbons (Fsp3) is 0.235. The molecule has 0 radical (unpaired) electrons. The number of anilines is 1. The van der Waals surface area contributed by atoms with E-state index in [9.17, 15) is 9.59 Å². The lowest BCUT2D eigenvalue weighted by Gasteiger charge is -2.15. The number of carbonyl (C=O) groups excluding carboxylic acids is 1. The Morgan fingerprint density at radius 1 is 1.26 bits per heavy atom. The molecular weight excluding hydrogens is 294 g/mol. The zero-order valence-corrected chi connectivity index (χ0v) is 13.2. The van der Waals surface area contributed by atoms with Gasteiger partial charge in [0.2, 0.25) is 5.91 Å². The van der Waals surface area contributed by atoms with Gasteiger partial charge in [-0.2, -0.15) is 0 Å². The van der Waals surface area contributed by atoms with E-state index in [4.69, 9.17) is 4.42 Å². The highest BCUT2D eigenvalue weighted by atomic mass is 16.4. The molecule has 2 aromatic heterocycles. The van der Waals surface area contributed by atoms with Crippen molar-refractivity contribution in [3.63, 3.8) is 0 Å². The van der Waals surface area contributed by atoms with E-state index in [1.54, 1.807) is 25.3 Å². The van der Waals surface area contributed by atoms with Crippen LogP contribution in [-0.4, -0.2) is 15.5 Å². The van der Waals surface area contributed by atoms with E-state index in [1.807, 2.05) is 32.0 Å².